The molecule has 0 aromatic carbocycles. The highest BCUT2D eigenvalue weighted by Crippen LogP contribution is 2.30. The van der Waals surface area contributed by atoms with Crippen molar-refractivity contribution in [2.45, 2.75) is 479 Å². The number of aliphatic hydroxyl groups excluding tert-OH is 8. The average Bonchev–Trinajstić information content (AvgIpc) is 0.793. The van der Waals surface area contributed by atoms with Gasteiger partial charge in [-0.25, -0.2) is 0 Å². The quantitative estimate of drug-likeness (QED) is 0.0204. The van der Waals surface area contributed by atoms with E-state index in [1.165, 1.54) is 340 Å². The van der Waals surface area contributed by atoms with Gasteiger partial charge in [-0.05, 0) is 32.1 Å². The number of hydrogen-bond donors (Lipinski definition) is 9. The molecule has 0 bridgehead atoms. The zero-order chi connectivity index (χ0) is 70.1. The largest absolute Gasteiger partial charge is 0.394 e. The van der Waals surface area contributed by atoms with Crippen LogP contribution >= 0.6 is 0 Å². The SMILES string of the molecule is CCCCCCCCCCCCCCCCCCCC/C=C/CC/C=C/C(O)C(COC1OC(CO)C(OC2OC(CO)C(O)C(O)C2O)C(O)C1O)NC(=O)CCCCCCCCCCCCCCCCCCCCCCCCCCCCCCCCCCCCCCCCC. The number of hydrogen-bond acceptors (Lipinski definition) is 13. The van der Waals surface area contributed by atoms with E-state index in [9.17, 15) is 45.6 Å². The minimum Gasteiger partial charge on any atom is -0.394 e. The molecule has 0 aliphatic carbocycles. The van der Waals surface area contributed by atoms with E-state index in [1.807, 2.05) is 6.08 Å². The third-order valence-electron chi connectivity index (χ3n) is 20.9. The van der Waals surface area contributed by atoms with Crippen LogP contribution in [0.1, 0.15) is 406 Å². The number of aliphatic hydroxyl groups is 8. The molecule has 0 saturated carbocycles. The molecule has 2 aliphatic rings. The van der Waals surface area contributed by atoms with Crippen molar-refractivity contribution in [2.24, 2.45) is 0 Å². The number of nitrogens with one attached hydrogen (secondary N) is 1. The van der Waals surface area contributed by atoms with Crippen LogP contribution in [0.2, 0.25) is 0 Å². The summed E-state index contributed by atoms with van der Waals surface area (Å²) < 4.78 is 22.9. The molecule has 0 aromatic rings. The van der Waals surface area contributed by atoms with E-state index in [-0.39, 0.29) is 18.9 Å². The summed E-state index contributed by atoms with van der Waals surface area (Å²) in [4.78, 5) is 13.4. The van der Waals surface area contributed by atoms with Crippen LogP contribution in [-0.2, 0) is 23.7 Å². The first-order valence-corrected chi connectivity index (χ1v) is 42.1. The van der Waals surface area contributed by atoms with Gasteiger partial charge in [-0.3, -0.25) is 4.79 Å². The zero-order valence-electron chi connectivity index (χ0n) is 63.1. The van der Waals surface area contributed by atoms with E-state index in [4.69, 9.17) is 18.9 Å². The molecule has 574 valence electrons. The molecule has 2 fully saturated rings. The summed E-state index contributed by atoms with van der Waals surface area (Å²) in [5.74, 6) is -0.239. The van der Waals surface area contributed by atoms with E-state index in [0.717, 1.165) is 32.1 Å². The van der Waals surface area contributed by atoms with Gasteiger partial charge in [0.2, 0.25) is 5.91 Å². The third kappa shape index (κ3) is 50.5. The molecule has 14 heteroatoms. The second kappa shape index (κ2) is 67.6. The summed E-state index contributed by atoms with van der Waals surface area (Å²) >= 11 is 0. The predicted molar refractivity (Wildman–Crippen MR) is 402 cm³/mol. The number of allylic oxidation sites excluding steroid dienone is 3. The minimum absolute atomic E-state index is 0.239. The Kier molecular flexibility index (Phi) is 63.8. The summed E-state index contributed by atoms with van der Waals surface area (Å²) in [6, 6.07) is -0.930. The maximum Gasteiger partial charge on any atom is 0.220 e. The Labute approximate surface area is 596 Å². The summed E-state index contributed by atoms with van der Waals surface area (Å²) in [5.41, 5.74) is 0. The summed E-state index contributed by atoms with van der Waals surface area (Å²) in [6.45, 7) is 2.86. The fourth-order valence-electron chi connectivity index (χ4n) is 14.3. The molecule has 12 unspecified atom stereocenters. The Hall–Kier alpha value is -1.53. The van der Waals surface area contributed by atoms with Crippen molar-refractivity contribution in [1.82, 2.24) is 5.32 Å². The highest BCUT2D eigenvalue weighted by Gasteiger charge is 2.51. The van der Waals surface area contributed by atoms with Gasteiger partial charge in [0.15, 0.2) is 12.6 Å². The molecule has 97 heavy (non-hydrogen) atoms. The van der Waals surface area contributed by atoms with Crippen LogP contribution in [-0.4, -0.2) is 140 Å². The summed E-state index contributed by atoms with van der Waals surface area (Å²) in [7, 11) is 0. The van der Waals surface area contributed by atoms with Gasteiger partial charge in [0, 0.05) is 6.42 Å². The number of ether oxygens (including phenoxy) is 4. The number of carbonyl (C=O) groups excluding carboxylic acids is 1. The first-order valence-electron chi connectivity index (χ1n) is 42.1. The van der Waals surface area contributed by atoms with Crippen LogP contribution in [0, 0.1) is 0 Å². The fourth-order valence-corrected chi connectivity index (χ4v) is 14.3. The van der Waals surface area contributed by atoms with Crippen LogP contribution in [0.5, 0.6) is 0 Å². The maximum absolute atomic E-state index is 13.4. The van der Waals surface area contributed by atoms with Gasteiger partial charge in [0.05, 0.1) is 32.0 Å². The molecule has 2 heterocycles. The number of unbranched alkanes of at least 4 members (excludes halogenated alkanes) is 57. The Morgan fingerprint density at radius 1 is 0.361 bits per heavy atom. The van der Waals surface area contributed by atoms with Crippen molar-refractivity contribution in [1.29, 1.82) is 0 Å². The molecule has 2 saturated heterocycles. The first-order chi connectivity index (χ1) is 47.6. The molecule has 12 atom stereocenters. The van der Waals surface area contributed by atoms with E-state index in [2.05, 4.69) is 31.3 Å². The topological polar surface area (TPSA) is 228 Å². The monoisotopic (exact) mass is 1380 g/mol. The standard InChI is InChI=1S/C83H159NO13/c1-3-5-7-9-11-13-15-17-19-21-23-25-27-29-30-31-32-33-34-35-36-37-38-39-40-41-42-43-45-47-49-51-53-55-57-59-61-63-65-67-75(88)84-71(70-94-82-80(93)78(91)81(74(69-86)96-82)97-83-79(92)77(90)76(89)73(68-85)95-83)72(87)66-64-62-60-58-56-54-52-50-48-46-44-28-26-24-22-20-18-16-14-12-10-8-6-4-2/h56,58,64,66,71-74,76-83,85-87,89-93H,3-55,57,59-63,65,67-70H2,1-2H3,(H,84,88)/b58-56+,66-64+. The second-order valence-corrected chi connectivity index (χ2v) is 30.0. The molecule has 2 rings (SSSR count). The Morgan fingerprint density at radius 2 is 0.660 bits per heavy atom. The van der Waals surface area contributed by atoms with Gasteiger partial charge in [-0.1, -0.05) is 391 Å². The predicted octanol–water partition coefficient (Wildman–Crippen LogP) is 19.4. The van der Waals surface area contributed by atoms with Gasteiger partial charge in [0.25, 0.3) is 0 Å². The lowest BCUT2D eigenvalue weighted by molar-refractivity contribution is -0.359. The van der Waals surface area contributed by atoms with Gasteiger partial charge in [0.1, 0.15) is 48.8 Å². The molecule has 1 amide bonds. The summed E-state index contributed by atoms with van der Waals surface area (Å²) in [5, 5.41) is 87.7. The molecule has 2 aliphatic heterocycles. The highest BCUT2D eigenvalue weighted by molar-refractivity contribution is 5.76. The van der Waals surface area contributed by atoms with E-state index < -0.39 is 86.8 Å². The molecular weight excluding hydrogens is 1220 g/mol. The van der Waals surface area contributed by atoms with Crippen LogP contribution in [0.15, 0.2) is 24.3 Å². The van der Waals surface area contributed by atoms with Gasteiger partial charge in [-0.15, -0.1) is 0 Å². The van der Waals surface area contributed by atoms with E-state index in [0.29, 0.717) is 12.8 Å². The number of amides is 1. The number of carbonyl (C=O) groups is 1. The normalized spacial score (nSPS) is 22.2. The Morgan fingerprint density at radius 3 is 1.01 bits per heavy atom. The molecule has 0 spiro atoms. The minimum atomic E-state index is -1.79. The third-order valence-corrected chi connectivity index (χ3v) is 20.9. The van der Waals surface area contributed by atoms with Crippen LogP contribution in [0.4, 0.5) is 0 Å². The highest BCUT2D eigenvalue weighted by atomic mass is 16.7. The number of rotatable bonds is 72. The first kappa shape index (κ1) is 91.6. The zero-order valence-corrected chi connectivity index (χ0v) is 63.1. The molecule has 0 radical (unpaired) electrons. The molecular formula is C83H159NO13. The molecule has 14 nitrogen and oxygen atoms in total. The van der Waals surface area contributed by atoms with Crippen molar-refractivity contribution < 1.29 is 64.6 Å². The van der Waals surface area contributed by atoms with Crippen molar-refractivity contribution in [3.8, 4) is 0 Å². The molecule has 9 N–H and O–H groups in total. The smallest absolute Gasteiger partial charge is 0.220 e. The van der Waals surface area contributed by atoms with Gasteiger partial charge in [-0.2, -0.15) is 0 Å². The second-order valence-electron chi connectivity index (χ2n) is 30.0. The van der Waals surface area contributed by atoms with Crippen molar-refractivity contribution >= 4 is 5.91 Å². The van der Waals surface area contributed by atoms with Crippen molar-refractivity contribution in [3.63, 3.8) is 0 Å². The lowest BCUT2D eigenvalue weighted by Gasteiger charge is -2.46. The van der Waals surface area contributed by atoms with Crippen LogP contribution < -0.4 is 5.32 Å². The van der Waals surface area contributed by atoms with Crippen molar-refractivity contribution in [3.05, 3.63) is 24.3 Å². The fraction of sp³-hybridized carbons (Fsp3) is 0.940. The average molecular weight is 1380 g/mol. The van der Waals surface area contributed by atoms with E-state index >= 15 is 0 Å². The van der Waals surface area contributed by atoms with Crippen LogP contribution in [0.25, 0.3) is 0 Å². The molecule has 0 aromatic heterocycles. The maximum atomic E-state index is 13.4. The summed E-state index contributed by atoms with van der Waals surface area (Å²) in [6.07, 6.45) is 71.5. The lowest BCUT2D eigenvalue weighted by atomic mass is 9.97. The van der Waals surface area contributed by atoms with Gasteiger partial charge >= 0.3 is 0 Å². The van der Waals surface area contributed by atoms with Crippen LogP contribution in [0.3, 0.4) is 0 Å². The van der Waals surface area contributed by atoms with E-state index in [1.54, 1.807) is 6.08 Å². The Balaban J connectivity index is 1.57. The van der Waals surface area contributed by atoms with Gasteiger partial charge < -0.3 is 65.1 Å². The lowest BCUT2D eigenvalue weighted by Crippen LogP contribution is -2.65. The van der Waals surface area contributed by atoms with Crippen molar-refractivity contribution in [2.75, 3.05) is 19.8 Å². The Bertz CT molecular complexity index is 1720.